The lowest BCUT2D eigenvalue weighted by Gasteiger charge is -2.27. The van der Waals surface area contributed by atoms with Gasteiger partial charge >= 0.3 is 0 Å². The van der Waals surface area contributed by atoms with Gasteiger partial charge in [0.15, 0.2) is 0 Å². The maximum absolute atomic E-state index is 12.4. The predicted octanol–water partition coefficient (Wildman–Crippen LogP) is 2.12. The van der Waals surface area contributed by atoms with Gasteiger partial charge in [-0.3, -0.25) is 9.59 Å². The van der Waals surface area contributed by atoms with Crippen LogP contribution in [0.1, 0.15) is 32.2 Å². The molecule has 0 atom stereocenters. The minimum absolute atomic E-state index is 0.0149. The van der Waals surface area contributed by atoms with Crippen molar-refractivity contribution < 1.29 is 9.59 Å². The summed E-state index contributed by atoms with van der Waals surface area (Å²) in [4.78, 5) is 27.2. The number of aromatic nitrogens is 3. The molecule has 1 N–H and O–H groups in total. The molecule has 7 nitrogen and oxygen atoms in total. The fraction of sp³-hybridized carbons (Fsp3) is 0.263. The van der Waals surface area contributed by atoms with E-state index in [-0.39, 0.29) is 18.4 Å². The van der Waals surface area contributed by atoms with Crippen LogP contribution in [0.4, 0.5) is 0 Å². The molecule has 1 aromatic carbocycles. The molecule has 0 radical (unpaired) electrons. The van der Waals surface area contributed by atoms with E-state index in [2.05, 4.69) is 15.6 Å². The van der Waals surface area contributed by atoms with Crippen molar-refractivity contribution in [1.82, 2.24) is 25.2 Å². The standard InChI is InChI=1S/C19H19N5O2S/c1-13-7-8-27-18(13)19(26)20-9-15-16-11-23(10-14-5-3-2-4-6-14)17(25)12-24(16)22-21-15/h2-8H,9-12H2,1H3,(H,20,26). The van der Waals surface area contributed by atoms with Gasteiger partial charge in [0.2, 0.25) is 5.91 Å². The Bertz CT molecular complexity index is 979. The van der Waals surface area contributed by atoms with Crippen molar-refractivity contribution in [2.45, 2.75) is 33.1 Å². The molecule has 8 heteroatoms. The summed E-state index contributed by atoms with van der Waals surface area (Å²) in [5.41, 5.74) is 3.61. The number of carbonyl (C=O) groups is 2. The Morgan fingerprint density at radius 3 is 2.78 bits per heavy atom. The number of rotatable bonds is 5. The lowest BCUT2D eigenvalue weighted by Crippen LogP contribution is -2.39. The molecule has 2 amide bonds. The Labute approximate surface area is 160 Å². The molecule has 0 bridgehead atoms. The Morgan fingerprint density at radius 1 is 1.22 bits per heavy atom. The highest BCUT2D eigenvalue weighted by Gasteiger charge is 2.27. The minimum Gasteiger partial charge on any atom is -0.346 e. The zero-order valence-corrected chi connectivity index (χ0v) is 15.7. The lowest BCUT2D eigenvalue weighted by atomic mass is 10.1. The molecule has 1 aliphatic heterocycles. The van der Waals surface area contributed by atoms with Gasteiger partial charge in [0.1, 0.15) is 12.2 Å². The van der Waals surface area contributed by atoms with Crippen LogP contribution in [0.25, 0.3) is 0 Å². The molecule has 0 spiro atoms. The Hall–Kier alpha value is -3.00. The van der Waals surface area contributed by atoms with Crippen LogP contribution in [0, 0.1) is 6.92 Å². The average Bonchev–Trinajstić information content (AvgIpc) is 3.27. The number of hydrogen-bond donors (Lipinski definition) is 1. The Morgan fingerprint density at radius 2 is 2.04 bits per heavy atom. The summed E-state index contributed by atoms with van der Waals surface area (Å²) in [6.07, 6.45) is 0. The van der Waals surface area contributed by atoms with Crippen molar-refractivity contribution in [2.24, 2.45) is 0 Å². The predicted molar refractivity (Wildman–Crippen MR) is 101 cm³/mol. The molecule has 138 valence electrons. The second-order valence-electron chi connectivity index (χ2n) is 6.49. The van der Waals surface area contributed by atoms with Crippen LogP contribution in [0.5, 0.6) is 0 Å². The Kier molecular flexibility index (Phi) is 4.72. The van der Waals surface area contributed by atoms with Crippen molar-refractivity contribution in [2.75, 3.05) is 0 Å². The van der Waals surface area contributed by atoms with Gasteiger partial charge in [-0.15, -0.1) is 16.4 Å². The second kappa shape index (κ2) is 7.32. The molecule has 0 saturated heterocycles. The number of carbonyl (C=O) groups excluding carboxylic acids is 2. The summed E-state index contributed by atoms with van der Waals surface area (Å²) < 4.78 is 1.63. The topological polar surface area (TPSA) is 80.1 Å². The van der Waals surface area contributed by atoms with Crippen LogP contribution in [-0.2, 0) is 31.0 Å². The van der Waals surface area contributed by atoms with Gasteiger partial charge in [-0.1, -0.05) is 35.5 Å². The smallest absolute Gasteiger partial charge is 0.261 e. The summed E-state index contributed by atoms with van der Waals surface area (Å²) in [6, 6.07) is 11.8. The zero-order valence-electron chi connectivity index (χ0n) is 14.9. The molecule has 27 heavy (non-hydrogen) atoms. The molecule has 0 unspecified atom stereocenters. The van der Waals surface area contributed by atoms with Gasteiger partial charge in [-0.2, -0.15) is 0 Å². The first-order chi connectivity index (χ1) is 13.1. The van der Waals surface area contributed by atoms with Crippen LogP contribution >= 0.6 is 11.3 Å². The highest BCUT2D eigenvalue weighted by Crippen LogP contribution is 2.19. The minimum atomic E-state index is -0.114. The molecule has 4 rings (SSSR count). The molecule has 1 aliphatic rings. The number of aryl methyl sites for hydroxylation is 1. The zero-order chi connectivity index (χ0) is 18.8. The summed E-state index contributed by atoms with van der Waals surface area (Å²) in [6.45, 7) is 3.36. The lowest BCUT2D eigenvalue weighted by molar-refractivity contribution is -0.135. The van der Waals surface area contributed by atoms with E-state index in [0.717, 1.165) is 16.8 Å². The van der Waals surface area contributed by atoms with Crippen LogP contribution < -0.4 is 5.32 Å². The number of benzene rings is 1. The van der Waals surface area contributed by atoms with Gasteiger partial charge in [-0.05, 0) is 29.5 Å². The van der Waals surface area contributed by atoms with Crippen molar-refractivity contribution in [3.05, 3.63) is 69.2 Å². The molecule has 0 saturated carbocycles. The van der Waals surface area contributed by atoms with E-state index in [4.69, 9.17) is 0 Å². The third-order valence-corrected chi connectivity index (χ3v) is 5.61. The molecular weight excluding hydrogens is 362 g/mol. The molecule has 0 aliphatic carbocycles. The monoisotopic (exact) mass is 381 g/mol. The van der Waals surface area contributed by atoms with E-state index in [1.807, 2.05) is 48.7 Å². The number of amides is 2. The average molecular weight is 381 g/mol. The fourth-order valence-electron chi connectivity index (χ4n) is 3.10. The van der Waals surface area contributed by atoms with Crippen LogP contribution in [0.2, 0.25) is 0 Å². The van der Waals surface area contributed by atoms with Gasteiger partial charge in [0.05, 0.1) is 23.7 Å². The first kappa shape index (κ1) is 17.4. The molecule has 2 aromatic heterocycles. The van der Waals surface area contributed by atoms with E-state index < -0.39 is 0 Å². The van der Waals surface area contributed by atoms with Gasteiger partial charge in [0, 0.05) is 6.54 Å². The molecular formula is C19H19N5O2S. The summed E-state index contributed by atoms with van der Waals surface area (Å²) in [7, 11) is 0. The third kappa shape index (κ3) is 3.61. The van der Waals surface area contributed by atoms with E-state index in [9.17, 15) is 9.59 Å². The number of hydrogen-bond acceptors (Lipinski definition) is 5. The van der Waals surface area contributed by atoms with Crippen LogP contribution in [-0.4, -0.2) is 31.7 Å². The Balaban J connectivity index is 1.46. The van der Waals surface area contributed by atoms with E-state index >= 15 is 0 Å². The largest absolute Gasteiger partial charge is 0.346 e. The normalized spacial score (nSPS) is 13.5. The third-order valence-electron chi connectivity index (χ3n) is 4.60. The van der Waals surface area contributed by atoms with Gasteiger partial charge in [0.25, 0.3) is 5.91 Å². The van der Waals surface area contributed by atoms with E-state index in [0.29, 0.717) is 30.2 Å². The maximum atomic E-state index is 12.4. The number of nitrogens with zero attached hydrogens (tertiary/aromatic N) is 4. The fourth-order valence-corrected chi connectivity index (χ4v) is 3.94. The number of nitrogens with one attached hydrogen (secondary N) is 1. The highest BCUT2D eigenvalue weighted by atomic mass is 32.1. The SMILES string of the molecule is Cc1ccsc1C(=O)NCc1nnn2c1CN(Cc1ccccc1)C(=O)C2. The van der Waals surface area contributed by atoms with Crippen molar-refractivity contribution >= 4 is 23.2 Å². The summed E-state index contributed by atoms with van der Waals surface area (Å²) >= 11 is 1.42. The maximum Gasteiger partial charge on any atom is 0.261 e. The molecule has 0 fully saturated rings. The number of fused-ring (bicyclic) bond motifs is 1. The van der Waals surface area contributed by atoms with Crippen LogP contribution in [0.3, 0.4) is 0 Å². The van der Waals surface area contributed by atoms with E-state index in [1.54, 1.807) is 9.58 Å². The number of thiophene rings is 1. The van der Waals surface area contributed by atoms with Gasteiger partial charge < -0.3 is 10.2 Å². The van der Waals surface area contributed by atoms with Crippen molar-refractivity contribution in [3.8, 4) is 0 Å². The van der Waals surface area contributed by atoms with Crippen molar-refractivity contribution in [1.29, 1.82) is 0 Å². The molecule has 3 heterocycles. The first-order valence-corrected chi connectivity index (χ1v) is 9.55. The van der Waals surface area contributed by atoms with E-state index in [1.165, 1.54) is 11.3 Å². The van der Waals surface area contributed by atoms with Crippen molar-refractivity contribution in [3.63, 3.8) is 0 Å². The van der Waals surface area contributed by atoms with Crippen LogP contribution in [0.15, 0.2) is 41.8 Å². The first-order valence-electron chi connectivity index (χ1n) is 8.67. The summed E-state index contributed by atoms with van der Waals surface area (Å²) in [5.74, 6) is -0.0988. The van der Waals surface area contributed by atoms with Gasteiger partial charge in [-0.25, -0.2) is 4.68 Å². The summed E-state index contributed by atoms with van der Waals surface area (Å²) in [5, 5.41) is 13.1. The quantitative estimate of drug-likeness (QED) is 0.734. The highest BCUT2D eigenvalue weighted by molar-refractivity contribution is 7.12. The molecule has 3 aromatic rings. The second-order valence-corrected chi connectivity index (χ2v) is 7.41.